The molecule has 0 saturated heterocycles. The van der Waals surface area contributed by atoms with Crippen molar-refractivity contribution in [3.05, 3.63) is 0 Å². The monoisotopic (exact) mass is 312 g/mol. The van der Waals surface area contributed by atoms with Crippen molar-refractivity contribution >= 4 is 6.09 Å². The fourth-order valence-corrected chi connectivity index (χ4v) is 2.94. The Morgan fingerprint density at radius 2 is 1.73 bits per heavy atom. The Morgan fingerprint density at radius 3 is 2.23 bits per heavy atom. The van der Waals surface area contributed by atoms with Crippen LogP contribution in [0.4, 0.5) is 4.79 Å². The number of rotatable bonds is 6. The summed E-state index contributed by atoms with van der Waals surface area (Å²) in [5, 5.41) is 6.56. The van der Waals surface area contributed by atoms with Crippen LogP contribution in [0.2, 0.25) is 0 Å². The van der Waals surface area contributed by atoms with Gasteiger partial charge in [0.15, 0.2) is 0 Å². The second-order valence-corrected chi connectivity index (χ2v) is 8.00. The quantitative estimate of drug-likeness (QED) is 0.726. The number of alkyl carbamates (subject to hydrolysis) is 1. The summed E-state index contributed by atoms with van der Waals surface area (Å²) in [4.78, 5) is 11.8. The number of nitrogens with one attached hydrogen (secondary N) is 2. The third-order valence-electron chi connectivity index (χ3n) is 4.31. The summed E-state index contributed by atoms with van der Waals surface area (Å²) >= 11 is 0. The lowest BCUT2D eigenvalue weighted by atomic mass is 9.98. The van der Waals surface area contributed by atoms with Gasteiger partial charge in [0.2, 0.25) is 0 Å². The number of ether oxygens (including phenoxy) is 1. The van der Waals surface area contributed by atoms with Crippen LogP contribution in [0.15, 0.2) is 0 Å². The average molecular weight is 312 g/mol. The second kappa shape index (κ2) is 9.39. The lowest BCUT2D eigenvalue weighted by Gasteiger charge is -2.26. The van der Waals surface area contributed by atoms with Gasteiger partial charge in [-0.15, -0.1) is 0 Å². The molecule has 1 aliphatic rings. The maximum atomic E-state index is 11.8. The van der Waals surface area contributed by atoms with E-state index in [2.05, 4.69) is 24.5 Å². The number of carbonyl (C=O) groups excluding carboxylic acids is 1. The first-order chi connectivity index (χ1) is 10.3. The van der Waals surface area contributed by atoms with Gasteiger partial charge in [-0.05, 0) is 52.0 Å². The number of hydrogen-bond acceptors (Lipinski definition) is 3. The molecule has 4 nitrogen and oxygen atoms in total. The molecule has 130 valence electrons. The smallest absolute Gasteiger partial charge is 0.407 e. The molecule has 0 aromatic rings. The van der Waals surface area contributed by atoms with Crippen molar-refractivity contribution in [2.75, 3.05) is 13.1 Å². The van der Waals surface area contributed by atoms with E-state index in [9.17, 15) is 4.79 Å². The highest BCUT2D eigenvalue weighted by Crippen LogP contribution is 2.22. The first kappa shape index (κ1) is 19.3. The molecule has 0 aromatic carbocycles. The number of hydrogen-bond donors (Lipinski definition) is 2. The van der Waals surface area contributed by atoms with Crippen LogP contribution in [0.25, 0.3) is 0 Å². The molecular formula is C18H36N2O2. The van der Waals surface area contributed by atoms with Crippen LogP contribution in [0.3, 0.4) is 0 Å². The van der Waals surface area contributed by atoms with Crippen LogP contribution >= 0.6 is 0 Å². The molecule has 2 N–H and O–H groups in total. The third-order valence-corrected chi connectivity index (χ3v) is 4.31. The third kappa shape index (κ3) is 8.62. The van der Waals surface area contributed by atoms with E-state index in [0.717, 1.165) is 12.5 Å². The van der Waals surface area contributed by atoms with Gasteiger partial charge in [0.05, 0.1) is 0 Å². The fraction of sp³-hybridized carbons (Fsp3) is 0.944. The molecule has 1 aliphatic carbocycles. The van der Waals surface area contributed by atoms with Crippen LogP contribution in [0, 0.1) is 11.8 Å². The molecule has 4 heteroatoms. The standard InChI is InChI=1S/C18H36N2O2/c1-14(2)16(13-20-17(21)22-18(3,4)5)19-12-15-10-8-6-7-9-11-15/h14-16,19H,6-13H2,1-5H3,(H,20,21). The van der Waals surface area contributed by atoms with Crippen molar-refractivity contribution in [1.82, 2.24) is 10.6 Å². The highest BCUT2D eigenvalue weighted by atomic mass is 16.6. The van der Waals surface area contributed by atoms with E-state index in [1.165, 1.54) is 38.5 Å². The van der Waals surface area contributed by atoms with E-state index >= 15 is 0 Å². The molecule has 1 amide bonds. The Bertz CT molecular complexity index is 316. The molecule has 0 aromatic heterocycles. The van der Waals surface area contributed by atoms with Crippen molar-refractivity contribution in [3.63, 3.8) is 0 Å². The molecule has 0 heterocycles. The molecule has 0 radical (unpaired) electrons. The van der Waals surface area contributed by atoms with E-state index < -0.39 is 5.60 Å². The normalized spacial score (nSPS) is 18.8. The molecule has 0 spiro atoms. The van der Waals surface area contributed by atoms with Crippen molar-refractivity contribution in [2.45, 2.75) is 84.8 Å². The van der Waals surface area contributed by atoms with Crippen molar-refractivity contribution in [1.29, 1.82) is 0 Å². The van der Waals surface area contributed by atoms with Crippen molar-refractivity contribution < 1.29 is 9.53 Å². The van der Waals surface area contributed by atoms with Gasteiger partial charge in [-0.3, -0.25) is 0 Å². The molecule has 0 bridgehead atoms. The Kier molecular flexibility index (Phi) is 8.23. The SMILES string of the molecule is CC(C)C(CNC(=O)OC(C)(C)C)NCC1CCCCCC1. The van der Waals surface area contributed by atoms with Gasteiger partial charge in [0.1, 0.15) is 5.60 Å². The second-order valence-electron chi connectivity index (χ2n) is 8.00. The molecule has 1 rings (SSSR count). The molecule has 0 aliphatic heterocycles. The topological polar surface area (TPSA) is 50.4 Å². The summed E-state index contributed by atoms with van der Waals surface area (Å²) in [5.41, 5.74) is -0.439. The first-order valence-corrected chi connectivity index (χ1v) is 8.98. The van der Waals surface area contributed by atoms with E-state index in [0.29, 0.717) is 18.5 Å². The van der Waals surface area contributed by atoms with E-state index in [-0.39, 0.29) is 6.09 Å². The largest absolute Gasteiger partial charge is 0.444 e. The van der Waals surface area contributed by atoms with Gasteiger partial charge >= 0.3 is 6.09 Å². The highest BCUT2D eigenvalue weighted by molar-refractivity contribution is 5.67. The van der Waals surface area contributed by atoms with Gasteiger partial charge in [0, 0.05) is 12.6 Å². The fourth-order valence-electron chi connectivity index (χ4n) is 2.94. The molecule has 1 unspecified atom stereocenters. The summed E-state index contributed by atoms with van der Waals surface area (Å²) in [7, 11) is 0. The van der Waals surface area contributed by atoms with E-state index in [4.69, 9.17) is 4.74 Å². The first-order valence-electron chi connectivity index (χ1n) is 8.98. The summed E-state index contributed by atoms with van der Waals surface area (Å²) in [6.07, 6.45) is 7.89. The minimum absolute atomic E-state index is 0.302. The van der Waals surface area contributed by atoms with Gasteiger partial charge in [-0.1, -0.05) is 39.5 Å². The minimum atomic E-state index is -0.439. The van der Waals surface area contributed by atoms with Gasteiger partial charge < -0.3 is 15.4 Å². The van der Waals surface area contributed by atoms with Crippen molar-refractivity contribution in [2.24, 2.45) is 11.8 Å². The molecule has 22 heavy (non-hydrogen) atoms. The van der Waals surface area contributed by atoms with Crippen LogP contribution in [-0.4, -0.2) is 30.8 Å². The summed E-state index contributed by atoms with van der Waals surface area (Å²) < 4.78 is 5.30. The van der Waals surface area contributed by atoms with Gasteiger partial charge in [0.25, 0.3) is 0 Å². The Hall–Kier alpha value is -0.770. The zero-order valence-electron chi connectivity index (χ0n) is 15.2. The predicted molar refractivity (Wildman–Crippen MR) is 92.1 cm³/mol. The summed E-state index contributed by atoms with van der Waals surface area (Å²) in [5.74, 6) is 1.28. The van der Waals surface area contributed by atoms with Gasteiger partial charge in [-0.25, -0.2) is 4.79 Å². The maximum absolute atomic E-state index is 11.8. The zero-order chi connectivity index (χ0) is 16.6. The maximum Gasteiger partial charge on any atom is 0.407 e. The Labute approximate surface area is 136 Å². The molecule has 1 fully saturated rings. The summed E-state index contributed by atoms with van der Waals surface area (Å²) in [6, 6.07) is 0.302. The number of carbonyl (C=O) groups is 1. The Morgan fingerprint density at radius 1 is 1.14 bits per heavy atom. The minimum Gasteiger partial charge on any atom is -0.444 e. The van der Waals surface area contributed by atoms with Crippen LogP contribution in [0.5, 0.6) is 0 Å². The zero-order valence-corrected chi connectivity index (χ0v) is 15.2. The molecule has 1 saturated carbocycles. The predicted octanol–water partition coefficient (Wildman–Crippen LogP) is 4.10. The van der Waals surface area contributed by atoms with E-state index in [1.807, 2.05) is 20.8 Å². The lowest BCUT2D eigenvalue weighted by molar-refractivity contribution is 0.0519. The average Bonchev–Trinajstić information content (AvgIpc) is 2.64. The number of amides is 1. The Balaban J connectivity index is 2.33. The van der Waals surface area contributed by atoms with E-state index in [1.54, 1.807) is 0 Å². The van der Waals surface area contributed by atoms with Crippen LogP contribution < -0.4 is 10.6 Å². The summed E-state index contributed by atoms with van der Waals surface area (Å²) in [6.45, 7) is 11.7. The van der Waals surface area contributed by atoms with Crippen LogP contribution in [-0.2, 0) is 4.74 Å². The van der Waals surface area contributed by atoms with Crippen molar-refractivity contribution in [3.8, 4) is 0 Å². The van der Waals surface area contributed by atoms with Crippen LogP contribution in [0.1, 0.15) is 73.1 Å². The highest BCUT2D eigenvalue weighted by Gasteiger charge is 2.20. The molecular weight excluding hydrogens is 276 g/mol. The lowest BCUT2D eigenvalue weighted by Crippen LogP contribution is -2.46. The molecule has 1 atom stereocenters. The van der Waals surface area contributed by atoms with Gasteiger partial charge in [-0.2, -0.15) is 0 Å².